The summed E-state index contributed by atoms with van der Waals surface area (Å²) in [4.78, 5) is 14.4. The summed E-state index contributed by atoms with van der Waals surface area (Å²) in [5.74, 6) is 0.605. The molecule has 0 aromatic heterocycles. The number of carbonyl (C=O) groups excluding carboxylic acids is 1. The lowest BCUT2D eigenvalue weighted by molar-refractivity contribution is -0.136. The summed E-state index contributed by atoms with van der Waals surface area (Å²) in [6, 6.07) is 11.5. The molecule has 1 saturated heterocycles. The molecule has 2 aromatic carbocycles. The first-order valence-corrected chi connectivity index (χ1v) is 9.34. The van der Waals surface area contributed by atoms with Crippen LogP contribution in [0.4, 0.5) is 23.7 Å². The van der Waals surface area contributed by atoms with Gasteiger partial charge < -0.3 is 19.7 Å². The maximum atomic E-state index is 13.3. The van der Waals surface area contributed by atoms with Crippen molar-refractivity contribution in [3.63, 3.8) is 0 Å². The number of rotatable bonds is 6. The van der Waals surface area contributed by atoms with Crippen LogP contribution in [0.15, 0.2) is 48.5 Å². The third kappa shape index (κ3) is 5.41. The Balaban J connectivity index is 1.83. The van der Waals surface area contributed by atoms with Crippen LogP contribution in [-0.2, 0) is 17.5 Å². The fraction of sp³-hybridized carbons (Fsp3) is 0.381. The first-order chi connectivity index (χ1) is 13.9. The molecule has 0 aliphatic carbocycles. The molecule has 1 aliphatic heterocycles. The van der Waals surface area contributed by atoms with Crippen molar-refractivity contribution >= 4 is 11.7 Å². The Kier molecular flexibility index (Phi) is 6.64. The van der Waals surface area contributed by atoms with Crippen LogP contribution in [0.1, 0.15) is 24.0 Å². The molecule has 1 atom stereocenters. The van der Waals surface area contributed by atoms with E-state index in [0.717, 1.165) is 24.5 Å². The zero-order valence-corrected chi connectivity index (χ0v) is 16.0. The molecule has 1 unspecified atom stereocenters. The van der Waals surface area contributed by atoms with E-state index in [1.807, 2.05) is 18.2 Å². The number of anilines is 1. The summed E-state index contributed by atoms with van der Waals surface area (Å²) in [7, 11) is 1.53. The van der Waals surface area contributed by atoms with Gasteiger partial charge in [-0.3, -0.25) is 0 Å². The van der Waals surface area contributed by atoms with Gasteiger partial charge in [0.25, 0.3) is 0 Å². The van der Waals surface area contributed by atoms with Crippen LogP contribution in [-0.4, -0.2) is 37.3 Å². The molecule has 0 bridgehead atoms. The number of ether oxygens (including phenoxy) is 2. The van der Waals surface area contributed by atoms with Crippen molar-refractivity contribution in [3.8, 4) is 5.75 Å². The highest BCUT2D eigenvalue weighted by Gasteiger charge is 2.34. The van der Waals surface area contributed by atoms with Crippen molar-refractivity contribution in [2.45, 2.75) is 31.7 Å². The Morgan fingerprint density at radius 1 is 1.21 bits per heavy atom. The SMILES string of the molecule is COc1ccccc1CN(CC1CCCO1)C(=O)Nc1ccccc1C(F)(F)F. The molecular formula is C21H23F3N2O3. The van der Waals surface area contributed by atoms with Crippen LogP contribution in [0.5, 0.6) is 5.75 Å². The predicted octanol–water partition coefficient (Wildman–Crippen LogP) is 4.93. The largest absolute Gasteiger partial charge is 0.496 e. The summed E-state index contributed by atoms with van der Waals surface area (Å²) < 4.78 is 50.8. The number of benzene rings is 2. The molecule has 5 nitrogen and oxygen atoms in total. The van der Waals surface area contributed by atoms with Crippen molar-refractivity contribution < 1.29 is 27.4 Å². The van der Waals surface area contributed by atoms with Gasteiger partial charge in [-0.15, -0.1) is 0 Å². The zero-order chi connectivity index (χ0) is 20.9. The zero-order valence-electron chi connectivity index (χ0n) is 16.0. The maximum absolute atomic E-state index is 13.3. The molecule has 1 N–H and O–H groups in total. The Bertz CT molecular complexity index is 836. The Morgan fingerprint density at radius 3 is 2.62 bits per heavy atom. The summed E-state index contributed by atoms with van der Waals surface area (Å²) in [5.41, 5.74) is -0.405. The lowest BCUT2D eigenvalue weighted by Crippen LogP contribution is -2.40. The minimum absolute atomic E-state index is 0.145. The van der Waals surface area contributed by atoms with Crippen LogP contribution in [0.25, 0.3) is 0 Å². The fourth-order valence-corrected chi connectivity index (χ4v) is 3.33. The Morgan fingerprint density at radius 2 is 1.93 bits per heavy atom. The third-order valence-electron chi connectivity index (χ3n) is 4.76. The molecule has 0 saturated carbocycles. The van der Waals surface area contributed by atoms with E-state index < -0.39 is 17.8 Å². The van der Waals surface area contributed by atoms with E-state index in [1.54, 1.807) is 6.07 Å². The minimum Gasteiger partial charge on any atom is -0.496 e. The van der Waals surface area contributed by atoms with Gasteiger partial charge in [0.05, 0.1) is 31.0 Å². The number of amides is 2. The molecule has 1 aliphatic rings. The van der Waals surface area contributed by atoms with Gasteiger partial charge in [0.2, 0.25) is 0 Å². The number of nitrogens with one attached hydrogen (secondary N) is 1. The van der Waals surface area contributed by atoms with E-state index >= 15 is 0 Å². The number of halogens is 3. The van der Waals surface area contributed by atoms with E-state index in [2.05, 4.69) is 5.32 Å². The van der Waals surface area contributed by atoms with Gasteiger partial charge in [-0.1, -0.05) is 30.3 Å². The summed E-state index contributed by atoms with van der Waals surface area (Å²) in [6.07, 6.45) is -3.01. The van der Waals surface area contributed by atoms with Crippen molar-refractivity contribution in [3.05, 3.63) is 59.7 Å². The number of para-hydroxylation sites is 2. The average Bonchev–Trinajstić information content (AvgIpc) is 3.20. The number of alkyl halides is 3. The molecular weight excluding hydrogens is 385 g/mol. The smallest absolute Gasteiger partial charge is 0.418 e. The van der Waals surface area contributed by atoms with Crippen LogP contribution >= 0.6 is 0 Å². The fourth-order valence-electron chi connectivity index (χ4n) is 3.33. The molecule has 1 fully saturated rings. The van der Waals surface area contributed by atoms with E-state index in [4.69, 9.17) is 9.47 Å². The third-order valence-corrected chi connectivity index (χ3v) is 4.76. The van der Waals surface area contributed by atoms with Crippen molar-refractivity contribution in [2.24, 2.45) is 0 Å². The number of hydrogen-bond acceptors (Lipinski definition) is 3. The lowest BCUT2D eigenvalue weighted by Gasteiger charge is -2.27. The predicted molar refractivity (Wildman–Crippen MR) is 103 cm³/mol. The molecule has 2 amide bonds. The summed E-state index contributed by atoms with van der Waals surface area (Å²) in [6.45, 7) is 1.08. The van der Waals surface area contributed by atoms with Crippen LogP contribution in [0.2, 0.25) is 0 Å². The second-order valence-electron chi connectivity index (χ2n) is 6.80. The molecule has 156 valence electrons. The van der Waals surface area contributed by atoms with Gasteiger partial charge in [-0.05, 0) is 31.0 Å². The quantitative estimate of drug-likeness (QED) is 0.738. The molecule has 8 heteroatoms. The molecule has 2 aromatic rings. The monoisotopic (exact) mass is 408 g/mol. The number of nitrogens with zero attached hydrogens (tertiary/aromatic N) is 1. The van der Waals surface area contributed by atoms with Gasteiger partial charge in [0, 0.05) is 18.7 Å². The van der Waals surface area contributed by atoms with Crippen LogP contribution < -0.4 is 10.1 Å². The van der Waals surface area contributed by atoms with Gasteiger partial charge in [-0.25, -0.2) is 4.79 Å². The molecule has 3 rings (SSSR count). The van der Waals surface area contributed by atoms with Gasteiger partial charge in [0.15, 0.2) is 0 Å². The molecule has 0 spiro atoms. The summed E-state index contributed by atoms with van der Waals surface area (Å²) >= 11 is 0. The van der Waals surface area contributed by atoms with E-state index in [-0.39, 0.29) is 24.9 Å². The molecule has 1 heterocycles. The van der Waals surface area contributed by atoms with Crippen molar-refractivity contribution in [1.82, 2.24) is 4.90 Å². The second-order valence-corrected chi connectivity index (χ2v) is 6.80. The lowest BCUT2D eigenvalue weighted by atomic mass is 10.1. The first-order valence-electron chi connectivity index (χ1n) is 9.34. The second kappa shape index (κ2) is 9.17. The summed E-state index contributed by atoms with van der Waals surface area (Å²) in [5, 5.41) is 2.42. The number of methoxy groups -OCH3 is 1. The molecule has 29 heavy (non-hydrogen) atoms. The highest BCUT2D eigenvalue weighted by Crippen LogP contribution is 2.34. The number of hydrogen-bond donors (Lipinski definition) is 1. The topological polar surface area (TPSA) is 50.8 Å². The van der Waals surface area contributed by atoms with Gasteiger partial charge in [-0.2, -0.15) is 13.2 Å². The number of urea groups is 1. The standard InChI is InChI=1S/C21H23F3N2O3/c1-28-19-11-5-2-7-15(19)13-26(14-16-8-6-12-29-16)20(27)25-18-10-4-3-9-17(18)21(22,23)24/h2-5,7,9-11,16H,6,8,12-14H2,1H3,(H,25,27). The van der Waals surface area contributed by atoms with Crippen molar-refractivity contribution in [2.75, 3.05) is 25.6 Å². The highest BCUT2D eigenvalue weighted by molar-refractivity contribution is 5.90. The van der Waals surface area contributed by atoms with Gasteiger partial charge >= 0.3 is 12.2 Å². The van der Waals surface area contributed by atoms with E-state index in [0.29, 0.717) is 12.4 Å². The average molecular weight is 408 g/mol. The van der Waals surface area contributed by atoms with E-state index in [1.165, 1.54) is 30.2 Å². The maximum Gasteiger partial charge on any atom is 0.418 e. The van der Waals surface area contributed by atoms with E-state index in [9.17, 15) is 18.0 Å². The highest BCUT2D eigenvalue weighted by atomic mass is 19.4. The first kappa shape index (κ1) is 21.0. The Labute approximate surface area is 167 Å². The molecule has 0 radical (unpaired) electrons. The Hall–Kier alpha value is -2.74. The number of carbonyl (C=O) groups is 1. The normalized spacial score (nSPS) is 16.5. The van der Waals surface area contributed by atoms with Crippen LogP contribution in [0.3, 0.4) is 0 Å². The van der Waals surface area contributed by atoms with Crippen molar-refractivity contribution in [1.29, 1.82) is 0 Å². The van der Waals surface area contributed by atoms with Crippen LogP contribution in [0, 0.1) is 0 Å². The van der Waals surface area contributed by atoms with Gasteiger partial charge in [0.1, 0.15) is 5.75 Å². The minimum atomic E-state index is -4.56.